The van der Waals surface area contributed by atoms with Crippen molar-refractivity contribution in [2.24, 2.45) is 0 Å². The Balaban J connectivity index is 1.56. The lowest BCUT2D eigenvalue weighted by Gasteiger charge is -2.19. The van der Waals surface area contributed by atoms with Crippen LogP contribution in [0.25, 0.3) is 11.3 Å². The predicted octanol–water partition coefficient (Wildman–Crippen LogP) is 3.59. The average molecular weight is 389 g/mol. The Labute approximate surface area is 158 Å². The third kappa shape index (κ3) is 3.21. The average Bonchev–Trinajstić information content (AvgIpc) is 3.08. The van der Waals surface area contributed by atoms with Gasteiger partial charge in [-0.2, -0.15) is 0 Å². The molecule has 4 rings (SSSR count). The molecule has 3 heterocycles. The van der Waals surface area contributed by atoms with Crippen molar-refractivity contribution in [1.82, 2.24) is 14.3 Å². The summed E-state index contributed by atoms with van der Waals surface area (Å²) in [6.45, 7) is 2.81. The van der Waals surface area contributed by atoms with Crippen LogP contribution in [0.1, 0.15) is 15.2 Å². The molecule has 0 aliphatic carbocycles. The van der Waals surface area contributed by atoms with Crippen LogP contribution in [-0.2, 0) is 0 Å². The zero-order valence-corrected chi connectivity index (χ0v) is 15.2. The first kappa shape index (κ1) is 16.7. The number of carbonyl (C=O) groups is 1. The van der Waals surface area contributed by atoms with E-state index < -0.39 is 0 Å². The van der Waals surface area contributed by atoms with Gasteiger partial charge in [0.1, 0.15) is 18.1 Å². The SMILES string of the molecule is Cc1cnsc1C(=O)Nc1cnc(-c2cc3c(cc2Cl)OCCO3)cn1. The third-order valence-corrected chi connectivity index (χ3v) is 4.97. The van der Waals surface area contributed by atoms with Gasteiger partial charge in [-0.3, -0.25) is 9.78 Å². The first-order valence-corrected chi connectivity index (χ1v) is 8.91. The third-order valence-electron chi connectivity index (χ3n) is 3.76. The van der Waals surface area contributed by atoms with Gasteiger partial charge in [-0.25, -0.2) is 9.36 Å². The maximum Gasteiger partial charge on any atom is 0.268 e. The Morgan fingerprint density at radius 2 is 1.92 bits per heavy atom. The summed E-state index contributed by atoms with van der Waals surface area (Å²) in [5.41, 5.74) is 2.07. The molecule has 0 bridgehead atoms. The van der Waals surface area contributed by atoms with Crippen molar-refractivity contribution in [2.45, 2.75) is 6.92 Å². The number of ether oxygens (including phenoxy) is 2. The lowest BCUT2D eigenvalue weighted by Crippen LogP contribution is -2.15. The number of nitrogens with zero attached hydrogens (tertiary/aromatic N) is 3. The van der Waals surface area contributed by atoms with E-state index in [2.05, 4.69) is 19.7 Å². The van der Waals surface area contributed by atoms with E-state index in [4.69, 9.17) is 21.1 Å². The molecule has 7 nitrogen and oxygen atoms in total. The molecule has 0 saturated heterocycles. The molecule has 9 heteroatoms. The first-order valence-electron chi connectivity index (χ1n) is 7.76. The van der Waals surface area contributed by atoms with Gasteiger partial charge in [0.05, 0.1) is 23.1 Å². The molecule has 1 amide bonds. The van der Waals surface area contributed by atoms with E-state index in [1.165, 1.54) is 6.20 Å². The minimum atomic E-state index is -0.260. The Kier molecular flexibility index (Phi) is 4.44. The van der Waals surface area contributed by atoms with Crippen LogP contribution in [0.4, 0.5) is 5.82 Å². The highest BCUT2D eigenvalue weighted by Gasteiger charge is 2.17. The van der Waals surface area contributed by atoms with Crippen molar-refractivity contribution in [3.63, 3.8) is 0 Å². The Morgan fingerprint density at radius 1 is 1.15 bits per heavy atom. The smallest absolute Gasteiger partial charge is 0.268 e. The van der Waals surface area contributed by atoms with Crippen LogP contribution in [0.15, 0.2) is 30.7 Å². The Morgan fingerprint density at radius 3 is 2.58 bits per heavy atom. The van der Waals surface area contributed by atoms with Gasteiger partial charge in [-0.1, -0.05) is 11.6 Å². The molecule has 0 fully saturated rings. The fraction of sp³-hybridized carbons (Fsp3) is 0.176. The van der Waals surface area contributed by atoms with Crippen molar-refractivity contribution in [2.75, 3.05) is 18.5 Å². The number of rotatable bonds is 3. The molecule has 0 radical (unpaired) electrons. The van der Waals surface area contributed by atoms with Crippen LogP contribution < -0.4 is 14.8 Å². The number of nitrogens with one attached hydrogen (secondary N) is 1. The molecular weight excluding hydrogens is 376 g/mol. The van der Waals surface area contributed by atoms with Gasteiger partial charge in [0.25, 0.3) is 5.91 Å². The lowest BCUT2D eigenvalue weighted by atomic mass is 10.1. The number of aryl methyl sites for hydroxylation is 1. The molecular formula is C17H13ClN4O3S. The second-order valence-corrected chi connectivity index (χ2v) is 6.76. The number of halogens is 1. The summed E-state index contributed by atoms with van der Waals surface area (Å²) in [5, 5.41) is 3.20. The van der Waals surface area contributed by atoms with Crippen molar-refractivity contribution in [3.05, 3.63) is 46.2 Å². The summed E-state index contributed by atoms with van der Waals surface area (Å²) in [6, 6.07) is 3.48. The van der Waals surface area contributed by atoms with Crippen LogP contribution in [0, 0.1) is 6.92 Å². The Bertz CT molecular complexity index is 975. The van der Waals surface area contributed by atoms with Crippen molar-refractivity contribution >= 4 is 34.9 Å². The van der Waals surface area contributed by atoms with Gasteiger partial charge >= 0.3 is 0 Å². The molecule has 1 aliphatic heterocycles. The van der Waals surface area contributed by atoms with E-state index in [0.717, 1.165) is 17.1 Å². The quantitative estimate of drug-likeness (QED) is 0.738. The monoisotopic (exact) mass is 388 g/mol. The lowest BCUT2D eigenvalue weighted by molar-refractivity contribution is 0.102. The van der Waals surface area contributed by atoms with Gasteiger partial charge in [-0.15, -0.1) is 0 Å². The molecule has 1 aromatic carbocycles. The highest BCUT2D eigenvalue weighted by atomic mass is 35.5. The highest BCUT2D eigenvalue weighted by molar-refractivity contribution is 7.08. The molecule has 0 spiro atoms. The number of amides is 1. The zero-order valence-electron chi connectivity index (χ0n) is 13.7. The Hall–Kier alpha value is -2.71. The molecule has 2 aromatic heterocycles. The van der Waals surface area contributed by atoms with Crippen LogP contribution in [0.2, 0.25) is 5.02 Å². The summed E-state index contributed by atoms with van der Waals surface area (Å²) in [5.74, 6) is 1.32. The number of carbonyl (C=O) groups excluding carboxylic acids is 1. The van der Waals surface area contributed by atoms with E-state index in [1.807, 2.05) is 6.92 Å². The molecule has 1 N–H and O–H groups in total. The number of benzene rings is 1. The van der Waals surface area contributed by atoms with Crippen molar-refractivity contribution in [3.8, 4) is 22.8 Å². The molecule has 3 aromatic rings. The standard InChI is InChI=1S/C17H13ClN4O3S/c1-9-6-21-26-16(9)17(23)22-15-8-19-12(7-20-15)10-4-13-14(5-11(10)18)25-3-2-24-13/h4-8H,2-3H2,1H3,(H,20,22,23). The highest BCUT2D eigenvalue weighted by Crippen LogP contribution is 2.39. The van der Waals surface area contributed by atoms with Crippen molar-refractivity contribution < 1.29 is 14.3 Å². The van der Waals surface area contributed by atoms with Crippen molar-refractivity contribution in [1.29, 1.82) is 0 Å². The minimum Gasteiger partial charge on any atom is -0.486 e. The summed E-state index contributed by atoms with van der Waals surface area (Å²) in [4.78, 5) is 21.3. The van der Waals surface area contributed by atoms with E-state index in [9.17, 15) is 4.79 Å². The summed E-state index contributed by atoms with van der Waals surface area (Å²) < 4.78 is 15.1. The second kappa shape index (κ2) is 6.89. The fourth-order valence-electron chi connectivity index (χ4n) is 2.47. The number of fused-ring (bicyclic) bond motifs is 1. The van der Waals surface area contributed by atoms with Crippen LogP contribution in [-0.4, -0.2) is 33.5 Å². The summed E-state index contributed by atoms with van der Waals surface area (Å²) in [7, 11) is 0. The normalized spacial score (nSPS) is 12.7. The van der Waals surface area contributed by atoms with E-state index in [-0.39, 0.29) is 5.91 Å². The van der Waals surface area contributed by atoms with Gasteiger partial charge in [0.15, 0.2) is 17.3 Å². The van der Waals surface area contributed by atoms with Crippen LogP contribution in [0.3, 0.4) is 0 Å². The van der Waals surface area contributed by atoms with Gasteiger partial charge in [0, 0.05) is 17.8 Å². The second-order valence-electron chi connectivity index (χ2n) is 5.55. The molecule has 0 unspecified atom stereocenters. The number of anilines is 1. The number of hydrogen-bond donors (Lipinski definition) is 1. The maximum atomic E-state index is 12.2. The summed E-state index contributed by atoms with van der Waals surface area (Å²) in [6.07, 6.45) is 4.68. The van der Waals surface area contributed by atoms with E-state index in [0.29, 0.717) is 51.7 Å². The molecule has 26 heavy (non-hydrogen) atoms. The first-order chi connectivity index (χ1) is 12.6. The summed E-state index contributed by atoms with van der Waals surface area (Å²) >= 11 is 7.46. The number of aromatic nitrogens is 3. The van der Waals surface area contributed by atoms with Crippen LogP contribution in [0.5, 0.6) is 11.5 Å². The topological polar surface area (TPSA) is 86.2 Å². The molecule has 0 atom stereocenters. The minimum absolute atomic E-state index is 0.260. The van der Waals surface area contributed by atoms with Crippen LogP contribution >= 0.6 is 23.1 Å². The van der Waals surface area contributed by atoms with Gasteiger partial charge < -0.3 is 14.8 Å². The number of hydrogen-bond acceptors (Lipinski definition) is 7. The predicted molar refractivity (Wildman–Crippen MR) is 98.3 cm³/mol. The maximum absolute atomic E-state index is 12.2. The fourth-order valence-corrected chi connectivity index (χ4v) is 3.37. The van der Waals surface area contributed by atoms with E-state index >= 15 is 0 Å². The molecule has 0 saturated carbocycles. The molecule has 132 valence electrons. The van der Waals surface area contributed by atoms with Gasteiger partial charge in [0.2, 0.25) is 0 Å². The zero-order chi connectivity index (χ0) is 18.1. The van der Waals surface area contributed by atoms with E-state index in [1.54, 1.807) is 24.5 Å². The van der Waals surface area contributed by atoms with Gasteiger partial charge in [-0.05, 0) is 30.1 Å². The molecule has 1 aliphatic rings. The largest absolute Gasteiger partial charge is 0.486 e.